The average molecular weight is 381 g/mol. The van der Waals surface area contributed by atoms with Gasteiger partial charge in [0.25, 0.3) is 0 Å². The zero-order valence-electron chi connectivity index (χ0n) is 16.6. The van der Waals surface area contributed by atoms with Crippen LogP contribution in [0.2, 0.25) is 5.02 Å². The number of halogens is 1. The summed E-state index contributed by atoms with van der Waals surface area (Å²) in [5.74, 6) is -0.960. The van der Waals surface area contributed by atoms with Gasteiger partial charge in [0.15, 0.2) is 0 Å². The van der Waals surface area contributed by atoms with Gasteiger partial charge in [0.1, 0.15) is 0 Å². The van der Waals surface area contributed by atoms with Crippen LogP contribution in [0.15, 0.2) is 18.2 Å². The first-order chi connectivity index (χ1) is 12.6. The molecule has 0 atom stereocenters. The predicted octanol–water partition coefficient (Wildman–Crippen LogP) is 8.06. The molecule has 0 radical (unpaired) electrons. The quantitative estimate of drug-likeness (QED) is 0.294. The van der Waals surface area contributed by atoms with Crippen molar-refractivity contribution in [1.29, 1.82) is 0 Å². The van der Waals surface area contributed by atoms with Crippen LogP contribution in [0.5, 0.6) is 0 Å². The van der Waals surface area contributed by atoms with Gasteiger partial charge in [-0.3, -0.25) is 0 Å². The number of rotatable bonds is 16. The van der Waals surface area contributed by atoms with Crippen molar-refractivity contribution in [3.05, 3.63) is 34.3 Å². The van der Waals surface area contributed by atoms with Crippen LogP contribution < -0.4 is 0 Å². The minimum Gasteiger partial charge on any atom is -0.478 e. The maximum absolute atomic E-state index is 10.9. The highest BCUT2D eigenvalue weighted by molar-refractivity contribution is 6.33. The lowest BCUT2D eigenvalue weighted by molar-refractivity contribution is 0.0697. The second-order valence-electron chi connectivity index (χ2n) is 7.47. The minimum absolute atomic E-state index is 0.191. The van der Waals surface area contributed by atoms with Gasteiger partial charge < -0.3 is 5.11 Å². The molecule has 0 unspecified atom stereocenters. The molecule has 0 spiro atoms. The van der Waals surface area contributed by atoms with Crippen LogP contribution >= 0.6 is 11.6 Å². The zero-order chi connectivity index (χ0) is 19.0. The molecule has 26 heavy (non-hydrogen) atoms. The maximum atomic E-state index is 10.9. The third-order valence-electron chi connectivity index (χ3n) is 5.08. The SMILES string of the molecule is CCCCCCCCCCCCCCCCc1ccc(C(=O)O)c(Cl)c1. The monoisotopic (exact) mass is 380 g/mol. The molecule has 0 amide bonds. The van der Waals surface area contributed by atoms with Crippen LogP contribution in [-0.4, -0.2) is 11.1 Å². The highest BCUT2D eigenvalue weighted by Gasteiger charge is 2.08. The molecule has 0 bridgehead atoms. The molecule has 0 saturated carbocycles. The number of carboxylic acids is 1. The van der Waals surface area contributed by atoms with E-state index in [2.05, 4.69) is 6.92 Å². The Hall–Kier alpha value is -1.02. The molecule has 0 aliphatic heterocycles. The number of aryl methyl sites for hydroxylation is 1. The first-order valence-electron chi connectivity index (χ1n) is 10.7. The number of carboxylic acid groups (broad SMARTS) is 1. The molecule has 0 aromatic heterocycles. The normalized spacial score (nSPS) is 11.0. The Balaban J connectivity index is 1.92. The topological polar surface area (TPSA) is 37.3 Å². The predicted molar refractivity (Wildman–Crippen MR) is 112 cm³/mol. The van der Waals surface area contributed by atoms with Crippen molar-refractivity contribution in [1.82, 2.24) is 0 Å². The van der Waals surface area contributed by atoms with Gasteiger partial charge >= 0.3 is 5.97 Å². The molecule has 1 aromatic carbocycles. The van der Waals surface area contributed by atoms with Gasteiger partial charge in [-0.05, 0) is 30.5 Å². The molecule has 0 aliphatic rings. The van der Waals surface area contributed by atoms with E-state index in [1.807, 2.05) is 6.07 Å². The average Bonchev–Trinajstić information content (AvgIpc) is 2.61. The Morgan fingerprint density at radius 1 is 0.808 bits per heavy atom. The highest BCUT2D eigenvalue weighted by atomic mass is 35.5. The summed E-state index contributed by atoms with van der Waals surface area (Å²) in [6.07, 6.45) is 20.1. The third kappa shape index (κ3) is 10.9. The van der Waals surface area contributed by atoms with Crippen molar-refractivity contribution in [2.24, 2.45) is 0 Å². The van der Waals surface area contributed by atoms with E-state index in [4.69, 9.17) is 16.7 Å². The highest BCUT2D eigenvalue weighted by Crippen LogP contribution is 2.20. The van der Waals surface area contributed by atoms with Crippen molar-refractivity contribution < 1.29 is 9.90 Å². The van der Waals surface area contributed by atoms with Gasteiger partial charge in [-0.2, -0.15) is 0 Å². The number of hydrogen-bond donors (Lipinski definition) is 1. The van der Waals surface area contributed by atoms with Crippen LogP contribution in [-0.2, 0) is 6.42 Å². The minimum atomic E-state index is -0.960. The first kappa shape index (κ1) is 23.0. The van der Waals surface area contributed by atoms with Crippen molar-refractivity contribution in [3.63, 3.8) is 0 Å². The lowest BCUT2D eigenvalue weighted by Crippen LogP contribution is -1.98. The fourth-order valence-electron chi connectivity index (χ4n) is 3.41. The second kappa shape index (κ2) is 15.1. The van der Waals surface area contributed by atoms with Gasteiger partial charge in [0.05, 0.1) is 10.6 Å². The molecule has 2 nitrogen and oxygen atoms in total. The summed E-state index contributed by atoms with van der Waals surface area (Å²) < 4.78 is 0. The van der Waals surface area contributed by atoms with E-state index in [0.29, 0.717) is 5.02 Å². The smallest absolute Gasteiger partial charge is 0.337 e. The van der Waals surface area contributed by atoms with Gasteiger partial charge in [0.2, 0.25) is 0 Å². The van der Waals surface area contributed by atoms with Crippen molar-refractivity contribution in [2.45, 2.75) is 103 Å². The van der Waals surface area contributed by atoms with E-state index in [1.165, 1.54) is 83.5 Å². The van der Waals surface area contributed by atoms with Crippen LogP contribution in [0.4, 0.5) is 0 Å². The van der Waals surface area contributed by atoms with E-state index in [1.54, 1.807) is 12.1 Å². The zero-order valence-corrected chi connectivity index (χ0v) is 17.3. The fourth-order valence-corrected chi connectivity index (χ4v) is 3.70. The molecule has 0 heterocycles. The van der Waals surface area contributed by atoms with E-state index in [9.17, 15) is 4.79 Å². The number of aromatic carboxylic acids is 1. The summed E-state index contributed by atoms with van der Waals surface area (Å²) >= 11 is 6.01. The molecule has 3 heteroatoms. The number of unbranched alkanes of at least 4 members (excludes halogenated alkanes) is 13. The Labute approximate surface area is 165 Å². The van der Waals surface area contributed by atoms with Crippen molar-refractivity contribution in [3.8, 4) is 0 Å². The Morgan fingerprint density at radius 3 is 1.69 bits per heavy atom. The van der Waals surface area contributed by atoms with E-state index < -0.39 is 5.97 Å². The molecular weight excluding hydrogens is 344 g/mol. The van der Waals surface area contributed by atoms with Gasteiger partial charge in [0, 0.05) is 0 Å². The van der Waals surface area contributed by atoms with Crippen LogP contribution in [0.25, 0.3) is 0 Å². The summed E-state index contributed by atoms with van der Waals surface area (Å²) in [6, 6.07) is 5.30. The van der Waals surface area contributed by atoms with E-state index >= 15 is 0 Å². The number of hydrogen-bond acceptors (Lipinski definition) is 1. The lowest BCUT2D eigenvalue weighted by Gasteiger charge is -2.05. The Kier molecular flexibility index (Phi) is 13.4. The van der Waals surface area contributed by atoms with Crippen LogP contribution in [0.3, 0.4) is 0 Å². The molecule has 1 N–H and O–H groups in total. The summed E-state index contributed by atoms with van der Waals surface area (Å²) in [7, 11) is 0. The number of benzene rings is 1. The van der Waals surface area contributed by atoms with Crippen molar-refractivity contribution in [2.75, 3.05) is 0 Å². The summed E-state index contributed by atoms with van der Waals surface area (Å²) in [5, 5.41) is 9.33. The molecule has 0 fully saturated rings. The van der Waals surface area contributed by atoms with Crippen molar-refractivity contribution >= 4 is 17.6 Å². The fraction of sp³-hybridized carbons (Fsp3) is 0.696. The van der Waals surface area contributed by atoms with E-state index in [-0.39, 0.29) is 5.56 Å². The van der Waals surface area contributed by atoms with Gasteiger partial charge in [-0.1, -0.05) is 108 Å². The molecule has 0 saturated heterocycles. The number of carbonyl (C=O) groups is 1. The summed E-state index contributed by atoms with van der Waals surface area (Å²) in [5.41, 5.74) is 1.33. The molecule has 0 aliphatic carbocycles. The standard InChI is InChI=1S/C23H37ClO2/c1-2-3-4-5-6-7-8-9-10-11-12-13-14-15-16-20-17-18-21(23(25)26)22(24)19-20/h17-19H,2-16H2,1H3,(H,25,26). The van der Waals surface area contributed by atoms with E-state index in [0.717, 1.165) is 18.4 Å². The lowest BCUT2D eigenvalue weighted by atomic mass is 10.0. The van der Waals surface area contributed by atoms with Crippen LogP contribution in [0, 0.1) is 0 Å². The van der Waals surface area contributed by atoms with Gasteiger partial charge in [-0.25, -0.2) is 4.79 Å². The molecule has 148 valence electrons. The first-order valence-corrected chi connectivity index (χ1v) is 11.0. The molecule has 1 rings (SSSR count). The van der Waals surface area contributed by atoms with Crippen LogP contribution in [0.1, 0.15) is 113 Å². The largest absolute Gasteiger partial charge is 0.478 e. The summed E-state index contributed by atoms with van der Waals surface area (Å²) in [6.45, 7) is 2.27. The maximum Gasteiger partial charge on any atom is 0.337 e. The van der Waals surface area contributed by atoms with Gasteiger partial charge in [-0.15, -0.1) is 0 Å². The Bertz CT molecular complexity index is 499. The molecular formula is C23H37ClO2. The second-order valence-corrected chi connectivity index (χ2v) is 7.87. The summed E-state index contributed by atoms with van der Waals surface area (Å²) in [4.78, 5) is 10.9. The molecule has 1 aromatic rings. The third-order valence-corrected chi connectivity index (χ3v) is 5.40. The Morgan fingerprint density at radius 2 is 1.27 bits per heavy atom.